The average Bonchev–Trinajstić information content (AvgIpc) is 3.03. The van der Waals surface area contributed by atoms with Crippen LogP contribution in [0, 0.1) is 5.82 Å². The summed E-state index contributed by atoms with van der Waals surface area (Å²) in [5.74, 6) is 1.72. The highest BCUT2D eigenvalue weighted by atomic mass is 19.1. The fourth-order valence-corrected chi connectivity index (χ4v) is 2.32. The molecule has 0 aliphatic heterocycles. The number of oxazole rings is 1. The molecule has 0 N–H and O–H groups in total. The van der Waals surface area contributed by atoms with E-state index in [4.69, 9.17) is 9.15 Å². The highest BCUT2D eigenvalue weighted by Gasteiger charge is 2.12. The van der Waals surface area contributed by atoms with Crippen LogP contribution >= 0.6 is 0 Å². The standard InChI is InChI=1S/C18H17FN2O2/c1-21(16-6-4-3-5-15(16)19)12-18-20-11-17(23-18)13-7-9-14(22-2)10-8-13/h3-11H,12H2,1-2H3. The summed E-state index contributed by atoms with van der Waals surface area (Å²) in [6, 6.07) is 14.2. The molecule has 3 aromatic rings. The van der Waals surface area contributed by atoms with Crippen LogP contribution in [0.4, 0.5) is 10.1 Å². The van der Waals surface area contributed by atoms with E-state index in [0.29, 0.717) is 23.9 Å². The molecule has 0 aliphatic carbocycles. The maximum absolute atomic E-state index is 13.8. The first-order valence-electron chi connectivity index (χ1n) is 7.22. The number of halogens is 1. The molecule has 1 aromatic heterocycles. The van der Waals surface area contributed by atoms with E-state index in [1.807, 2.05) is 24.3 Å². The maximum Gasteiger partial charge on any atom is 0.214 e. The smallest absolute Gasteiger partial charge is 0.214 e. The van der Waals surface area contributed by atoms with E-state index in [-0.39, 0.29) is 5.82 Å². The van der Waals surface area contributed by atoms with Crippen molar-refractivity contribution in [1.82, 2.24) is 4.98 Å². The number of methoxy groups -OCH3 is 1. The van der Waals surface area contributed by atoms with Crippen molar-refractivity contribution in [3.05, 3.63) is 66.4 Å². The predicted molar refractivity (Wildman–Crippen MR) is 87.0 cm³/mol. The van der Waals surface area contributed by atoms with Crippen molar-refractivity contribution in [3.63, 3.8) is 0 Å². The Labute approximate surface area is 134 Å². The zero-order valence-electron chi connectivity index (χ0n) is 13.0. The Kier molecular flexibility index (Phi) is 4.28. The summed E-state index contributed by atoms with van der Waals surface area (Å²) < 4.78 is 24.7. The van der Waals surface area contributed by atoms with E-state index in [0.717, 1.165) is 11.3 Å². The van der Waals surface area contributed by atoms with E-state index >= 15 is 0 Å². The van der Waals surface area contributed by atoms with Crippen molar-refractivity contribution >= 4 is 5.69 Å². The quantitative estimate of drug-likeness (QED) is 0.710. The first kappa shape index (κ1) is 15.1. The number of ether oxygens (including phenoxy) is 1. The van der Waals surface area contributed by atoms with Gasteiger partial charge in [0.1, 0.15) is 11.6 Å². The van der Waals surface area contributed by atoms with Crippen molar-refractivity contribution in [3.8, 4) is 17.1 Å². The third-order valence-electron chi connectivity index (χ3n) is 3.56. The minimum absolute atomic E-state index is 0.267. The Hall–Kier alpha value is -2.82. The van der Waals surface area contributed by atoms with Crippen LogP contribution < -0.4 is 9.64 Å². The Morgan fingerprint density at radius 1 is 1.13 bits per heavy atom. The number of hydrogen-bond donors (Lipinski definition) is 0. The van der Waals surface area contributed by atoms with E-state index in [1.54, 1.807) is 43.5 Å². The Morgan fingerprint density at radius 2 is 1.87 bits per heavy atom. The number of nitrogens with zero attached hydrogens (tertiary/aromatic N) is 2. The van der Waals surface area contributed by atoms with Crippen LogP contribution in [0.15, 0.2) is 59.1 Å². The number of para-hydroxylation sites is 1. The van der Waals surface area contributed by atoms with Gasteiger partial charge >= 0.3 is 0 Å². The number of rotatable bonds is 5. The number of benzene rings is 2. The lowest BCUT2D eigenvalue weighted by atomic mass is 10.2. The van der Waals surface area contributed by atoms with Crippen molar-refractivity contribution in [2.45, 2.75) is 6.54 Å². The second-order valence-electron chi connectivity index (χ2n) is 5.15. The van der Waals surface area contributed by atoms with Gasteiger partial charge in [0.2, 0.25) is 5.89 Å². The lowest BCUT2D eigenvalue weighted by Crippen LogP contribution is -2.17. The fourth-order valence-electron chi connectivity index (χ4n) is 2.32. The summed E-state index contributed by atoms with van der Waals surface area (Å²) in [5.41, 5.74) is 1.43. The van der Waals surface area contributed by atoms with Gasteiger partial charge in [-0.3, -0.25) is 0 Å². The molecule has 23 heavy (non-hydrogen) atoms. The Balaban J connectivity index is 1.75. The van der Waals surface area contributed by atoms with E-state index in [9.17, 15) is 4.39 Å². The van der Waals surface area contributed by atoms with Gasteiger partial charge in [-0.15, -0.1) is 0 Å². The predicted octanol–water partition coefficient (Wildman–Crippen LogP) is 4.13. The topological polar surface area (TPSA) is 38.5 Å². The largest absolute Gasteiger partial charge is 0.497 e. The van der Waals surface area contributed by atoms with Gasteiger partial charge in [-0.2, -0.15) is 0 Å². The molecule has 0 unspecified atom stereocenters. The van der Waals surface area contributed by atoms with Crippen LogP contribution in [0.3, 0.4) is 0 Å². The molecule has 0 fully saturated rings. The normalized spacial score (nSPS) is 10.6. The van der Waals surface area contributed by atoms with E-state index in [1.165, 1.54) is 6.07 Å². The van der Waals surface area contributed by atoms with Crippen LogP contribution in [0.25, 0.3) is 11.3 Å². The monoisotopic (exact) mass is 312 g/mol. The van der Waals surface area contributed by atoms with Crippen molar-refractivity contribution in [2.75, 3.05) is 19.1 Å². The summed E-state index contributed by atoms with van der Waals surface area (Å²) >= 11 is 0. The molecule has 0 saturated carbocycles. The minimum atomic E-state index is -0.267. The summed E-state index contributed by atoms with van der Waals surface area (Å²) in [6.07, 6.45) is 1.67. The molecule has 118 valence electrons. The van der Waals surface area contributed by atoms with Crippen molar-refractivity contribution in [2.24, 2.45) is 0 Å². The summed E-state index contributed by atoms with van der Waals surface area (Å²) in [4.78, 5) is 6.03. The van der Waals surface area contributed by atoms with Gasteiger partial charge in [-0.05, 0) is 36.4 Å². The van der Waals surface area contributed by atoms with Crippen LogP contribution in [0.5, 0.6) is 5.75 Å². The van der Waals surface area contributed by atoms with Crippen LogP contribution in [-0.4, -0.2) is 19.1 Å². The van der Waals surface area contributed by atoms with Crippen LogP contribution in [0.1, 0.15) is 5.89 Å². The molecule has 0 spiro atoms. The molecule has 1 heterocycles. The van der Waals surface area contributed by atoms with Gasteiger partial charge in [-0.1, -0.05) is 12.1 Å². The van der Waals surface area contributed by atoms with Crippen LogP contribution in [0.2, 0.25) is 0 Å². The maximum atomic E-state index is 13.8. The van der Waals surface area contributed by atoms with Gasteiger partial charge in [0.15, 0.2) is 5.76 Å². The number of aromatic nitrogens is 1. The zero-order chi connectivity index (χ0) is 16.2. The average molecular weight is 312 g/mol. The highest BCUT2D eigenvalue weighted by Crippen LogP contribution is 2.24. The molecular weight excluding hydrogens is 295 g/mol. The molecule has 0 radical (unpaired) electrons. The molecule has 0 atom stereocenters. The lowest BCUT2D eigenvalue weighted by Gasteiger charge is -2.17. The molecule has 0 bridgehead atoms. The number of hydrogen-bond acceptors (Lipinski definition) is 4. The fraction of sp³-hybridized carbons (Fsp3) is 0.167. The minimum Gasteiger partial charge on any atom is -0.497 e. The Bertz CT molecular complexity index is 784. The number of anilines is 1. The summed E-state index contributed by atoms with van der Waals surface area (Å²) in [5, 5.41) is 0. The molecule has 2 aromatic carbocycles. The summed E-state index contributed by atoms with van der Waals surface area (Å²) in [7, 11) is 3.43. The van der Waals surface area contributed by atoms with Gasteiger partial charge in [0, 0.05) is 12.6 Å². The first-order chi connectivity index (χ1) is 11.2. The Morgan fingerprint density at radius 3 is 2.57 bits per heavy atom. The van der Waals surface area contributed by atoms with Gasteiger partial charge < -0.3 is 14.1 Å². The first-order valence-corrected chi connectivity index (χ1v) is 7.22. The van der Waals surface area contributed by atoms with Crippen LogP contribution in [-0.2, 0) is 6.54 Å². The third-order valence-corrected chi connectivity index (χ3v) is 3.56. The van der Waals surface area contributed by atoms with Gasteiger partial charge in [-0.25, -0.2) is 9.37 Å². The van der Waals surface area contributed by atoms with Gasteiger partial charge in [0.25, 0.3) is 0 Å². The highest BCUT2D eigenvalue weighted by molar-refractivity contribution is 5.57. The molecule has 3 rings (SSSR count). The molecular formula is C18H17FN2O2. The molecule has 0 aliphatic rings. The SMILES string of the molecule is COc1ccc(-c2cnc(CN(C)c3ccccc3F)o2)cc1. The van der Waals surface area contributed by atoms with E-state index < -0.39 is 0 Å². The lowest BCUT2D eigenvalue weighted by molar-refractivity contribution is 0.415. The second-order valence-corrected chi connectivity index (χ2v) is 5.15. The van der Waals surface area contributed by atoms with Crippen molar-refractivity contribution in [1.29, 1.82) is 0 Å². The molecule has 4 nitrogen and oxygen atoms in total. The van der Waals surface area contributed by atoms with Gasteiger partial charge in [0.05, 0.1) is 25.5 Å². The second kappa shape index (κ2) is 6.52. The third kappa shape index (κ3) is 3.34. The van der Waals surface area contributed by atoms with Crippen molar-refractivity contribution < 1.29 is 13.5 Å². The zero-order valence-corrected chi connectivity index (χ0v) is 13.0. The van der Waals surface area contributed by atoms with E-state index in [2.05, 4.69) is 4.98 Å². The molecule has 0 amide bonds. The molecule has 0 saturated heterocycles. The molecule has 5 heteroatoms. The summed E-state index contributed by atoms with van der Waals surface area (Å²) in [6.45, 7) is 0.386.